The minimum atomic E-state index is -2.00. The summed E-state index contributed by atoms with van der Waals surface area (Å²) < 4.78 is 18.6. The fourth-order valence-corrected chi connectivity index (χ4v) is 3.20. The lowest BCUT2D eigenvalue weighted by molar-refractivity contribution is -0.154. The number of hydrogen-bond acceptors (Lipinski definition) is 4. The van der Waals surface area contributed by atoms with Crippen molar-refractivity contribution in [2.75, 3.05) is 0 Å². The van der Waals surface area contributed by atoms with Crippen LogP contribution in [0.25, 0.3) is 0 Å². The summed E-state index contributed by atoms with van der Waals surface area (Å²) in [6.45, 7) is 0. The van der Waals surface area contributed by atoms with E-state index in [2.05, 4.69) is 4.99 Å². The molecule has 1 aromatic rings. The van der Waals surface area contributed by atoms with E-state index in [0.29, 0.717) is 29.1 Å². The van der Waals surface area contributed by atoms with Crippen molar-refractivity contribution >= 4 is 23.3 Å². The Morgan fingerprint density at radius 1 is 1.45 bits per heavy atom. The average Bonchev–Trinajstić information content (AvgIpc) is 2.42. The van der Waals surface area contributed by atoms with Gasteiger partial charge in [-0.25, -0.2) is 14.2 Å². The summed E-state index contributed by atoms with van der Waals surface area (Å²) in [7, 11) is 0. The van der Waals surface area contributed by atoms with Crippen molar-refractivity contribution in [3.63, 3.8) is 0 Å². The molecule has 1 saturated carbocycles. The molecule has 1 aliphatic carbocycles. The smallest absolute Gasteiger partial charge is 0.364 e. The van der Waals surface area contributed by atoms with Gasteiger partial charge in [0.2, 0.25) is 0 Å². The Morgan fingerprint density at radius 2 is 2.20 bits per heavy atom. The largest absolute Gasteiger partial charge is 0.453 e. The highest BCUT2D eigenvalue weighted by atomic mass is 35.5. The maximum atomic E-state index is 13.6. The van der Waals surface area contributed by atoms with E-state index >= 15 is 0 Å². The van der Waals surface area contributed by atoms with Gasteiger partial charge < -0.3 is 10.5 Å². The van der Waals surface area contributed by atoms with Crippen LogP contribution in [0.5, 0.6) is 0 Å². The summed E-state index contributed by atoms with van der Waals surface area (Å²) in [5, 5.41) is 0.505. The van der Waals surface area contributed by atoms with E-state index in [9.17, 15) is 9.18 Å². The van der Waals surface area contributed by atoms with Crippen molar-refractivity contribution in [3.8, 4) is 0 Å². The Bertz CT molecular complexity index is 592. The molecule has 106 valence electrons. The predicted octanol–water partition coefficient (Wildman–Crippen LogP) is 2.34. The SMILES string of the molecule is N[C@@]1(c2ccccc2Cl)CCC[C@H]2OC(=O)C(F)N=C21. The summed E-state index contributed by atoms with van der Waals surface area (Å²) in [6, 6.07) is 7.16. The monoisotopic (exact) mass is 296 g/mol. The maximum Gasteiger partial charge on any atom is 0.364 e. The number of ether oxygens (including phenoxy) is 1. The van der Waals surface area contributed by atoms with Crippen LogP contribution in [0.1, 0.15) is 24.8 Å². The third-order valence-electron chi connectivity index (χ3n) is 3.86. The topological polar surface area (TPSA) is 64.7 Å². The van der Waals surface area contributed by atoms with Gasteiger partial charge >= 0.3 is 5.97 Å². The van der Waals surface area contributed by atoms with Gasteiger partial charge in [-0.05, 0) is 30.9 Å². The van der Waals surface area contributed by atoms with E-state index in [1.165, 1.54) is 0 Å². The zero-order valence-electron chi connectivity index (χ0n) is 10.7. The lowest BCUT2D eigenvalue weighted by Crippen LogP contribution is -2.56. The van der Waals surface area contributed by atoms with E-state index in [-0.39, 0.29) is 0 Å². The molecule has 1 aromatic carbocycles. The molecule has 4 nitrogen and oxygen atoms in total. The first-order valence-electron chi connectivity index (χ1n) is 6.49. The summed E-state index contributed by atoms with van der Waals surface area (Å²) in [6.07, 6.45) is -0.582. The van der Waals surface area contributed by atoms with Gasteiger partial charge in [0, 0.05) is 5.02 Å². The number of aliphatic imine (C=N–C) groups is 1. The Kier molecular flexibility index (Phi) is 3.26. The van der Waals surface area contributed by atoms with Gasteiger partial charge in [0.25, 0.3) is 6.30 Å². The first-order chi connectivity index (χ1) is 9.52. The lowest BCUT2D eigenvalue weighted by Gasteiger charge is -2.41. The lowest BCUT2D eigenvalue weighted by atomic mass is 9.74. The molecule has 3 atom stereocenters. The van der Waals surface area contributed by atoms with E-state index in [4.69, 9.17) is 22.1 Å². The quantitative estimate of drug-likeness (QED) is 0.639. The Labute approximate surface area is 120 Å². The van der Waals surface area contributed by atoms with Crippen molar-refractivity contribution in [1.29, 1.82) is 0 Å². The second-order valence-electron chi connectivity index (χ2n) is 5.12. The molecular formula is C14H14ClFN2O2. The highest BCUT2D eigenvalue weighted by Gasteiger charge is 2.47. The van der Waals surface area contributed by atoms with E-state index in [1.54, 1.807) is 18.2 Å². The molecule has 3 rings (SSSR count). The molecule has 0 bridgehead atoms. The minimum absolute atomic E-state index is 0.379. The second kappa shape index (κ2) is 4.82. The molecule has 0 aromatic heterocycles. The maximum absolute atomic E-state index is 13.6. The number of esters is 1. The molecule has 1 fully saturated rings. The normalized spacial score (nSPS) is 33.1. The van der Waals surface area contributed by atoms with Crippen molar-refractivity contribution < 1.29 is 13.9 Å². The summed E-state index contributed by atoms with van der Waals surface area (Å²) in [5.41, 5.74) is 6.56. The number of alkyl halides is 1. The molecule has 6 heteroatoms. The molecule has 20 heavy (non-hydrogen) atoms. The van der Waals surface area contributed by atoms with Gasteiger partial charge in [-0.2, -0.15) is 0 Å². The molecule has 1 unspecified atom stereocenters. The summed E-state index contributed by atoms with van der Waals surface area (Å²) >= 11 is 6.21. The summed E-state index contributed by atoms with van der Waals surface area (Å²) in [4.78, 5) is 15.1. The fraction of sp³-hybridized carbons (Fsp3) is 0.429. The second-order valence-corrected chi connectivity index (χ2v) is 5.53. The third kappa shape index (κ3) is 2.01. The molecule has 1 heterocycles. The molecule has 0 radical (unpaired) electrons. The Morgan fingerprint density at radius 3 is 2.95 bits per heavy atom. The van der Waals surface area contributed by atoms with Gasteiger partial charge in [-0.15, -0.1) is 0 Å². The number of halogens is 2. The fourth-order valence-electron chi connectivity index (χ4n) is 2.90. The van der Waals surface area contributed by atoms with E-state index in [0.717, 1.165) is 6.42 Å². The van der Waals surface area contributed by atoms with Crippen molar-refractivity contribution in [1.82, 2.24) is 0 Å². The van der Waals surface area contributed by atoms with Gasteiger partial charge in [0.05, 0.1) is 11.3 Å². The van der Waals surface area contributed by atoms with Crippen molar-refractivity contribution in [2.45, 2.75) is 37.2 Å². The number of nitrogens with two attached hydrogens (primary N) is 1. The van der Waals surface area contributed by atoms with Gasteiger partial charge in [0.1, 0.15) is 6.10 Å². The molecule has 1 aliphatic heterocycles. The van der Waals surface area contributed by atoms with Crippen LogP contribution in [0, 0.1) is 0 Å². The zero-order valence-corrected chi connectivity index (χ0v) is 11.4. The number of fused-ring (bicyclic) bond motifs is 1. The third-order valence-corrected chi connectivity index (χ3v) is 4.19. The number of rotatable bonds is 1. The van der Waals surface area contributed by atoms with Crippen molar-refractivity contribution in [3.05, 3.63) is 34.9 Å². The number of carbonyl (C=O) groups is 1. The molecule has 0 amide bonds. The average molecular weight is 297 g/mol. The highest BCUT2D eigenvalue weighted by molar-refractivity contribution is 6.32. The zero-order chi connectivity index (χ0) is 14.3. The van der Waals surface area contributed by atoms with Crippen LogP contribution in [0.2, 0.25) is 5.02 Å². The molecule has 2 aliphatic rings. The van der Waals surface area contributed by atoms with Gasteiger partial charge in [-0.1, -0.05) is 29.8 Å². The van der Waals surface area contributed by atoms with Crippen LogP contribution in [0.4, 0.5) is 4.39 Å². The van der Waals surface area contributed by atoms with Crippen LogP contribution in [0.3, 0.4) is 0 Å². The van der Waals surface area contributed by atoms with Crippen LogP contribution in [0.15, 0.2) is 29.3 Å². The number of nitrogens with zero attached hydrogens (tertiary/aromatic N) is 1. The molecule has 2 N–H and O–H groups in total. The predicted molar refractivity (Wildman–Crippen MR) is 73.4 cm³/mol. The first kappa shape index (κ1) is 13.5. The van der Waals surface area contributed by atoms with Crippen LogP contribution >= 0.6 is 11.6 Å². The number of hydrogen-bond donors (Lipinski definition) is 1. The van der Waals surface area contributed by atoms with Gasteiger partial charge in [-0.3, -0.25) is 0 Å². The highest BCUT2D eigenvalue weighted by Crippen LogP contribution is 2.39. The standard InChI is InChI=1S/C14H14ClFN2O2/c15-9-5-2-1-4-8(9)14(17)7-3-6-10-11(14)18-12(16)13(19)20-10/h1-2,4-5,10,12H,3,6-7,17H2/t10-,12?,14-/m1/s1. The molecule has 0 saturated heterocycles. The van der Waals surface area contributed by atoms with Crippen LogP contribution in [-0.2, 0) is 15.1 Å². The summed E-state index contributed by atoms with van der Waals surface area (Å²) in [5.74, 6) is -0.942. The Hall–Kier alpha value is -1.46. The van der Waals surface area contributed by atoms with E-state index < -0.39 is 23.9 Å². The van der Waals surface area contributed by atoms with Crippen LogP contribution in [-0.4, -0.2) is 24.1 Å². The van der Waals surface area contributed by atoms with Crippen molar-refractivity contribution in [2.24, 2.45) is 10.7 Å². The molecule has 0 spiro atoms. The molecular weight excluding hydrogens is 283 g/mol. The van der Waals surface area contributed by atoms with Gasteiger partial charge in [0.15, 0.2) is 0 Å². The van der Waals surface area contributed by atoms with E-state index in [1.807, 2.05) is 6.07 Å². The van der Waals surface area contributed by atoms with Crippen LogP contribution < -0.4 is 5.73 Å². The number of benzene rings is 1. The number of carbonyl (C=O) groups excluding carboxylic acids is 1. The first-order valence-corrected chi connectivity index (χ1v) is 6.87. The minimum Gasteiger partial charge on any atom is -0.453 e. The Balaban J connectivity index is 2.10.